The molecule has 1 saturated heterocycles. The number of halogens is 2. The average Bonchev–Trinajstić information content (AvgIpc) is 3.08. The molecule has 1 aromatic heterocycles. The SMILES string of the molecule is O=C(NO)c1nnc(N2CCC(Oc3cc(F)ccc3Br)CC2)s1. The third kappa shape index (κ3) is 3.82. The summed E-state index contributed by atoms with van der Waals surface area (Å²) in [7, 11) is 0. The normalized spacial score (nSPS) is 15.4. The van der Waals surface area contributed by atoms with Crippen molar-refractivity contribution in [2.24, 2.45) is 0 Å². The molecule has 0 radical (unpaired) electrons. The van der Waals surface area contributed by atoms with Gasteiger partial charge in [-0.2, -0.15) is 0 Å². The van der Waals surface area contributed by atoms with E-state index in [-0.39, 0.29) is 16.9 Å². The maximum Gasteiger partial charge on any atom is 0.305 e. The van der Waals surface area contributed by atoms with Gasteiger partial charge in [-0.15, -0.1) is 10.2 Å². The molecule has 0 aliphatic carbocycles. The molecule has 7 nitrogen and oxygen atoms in total. The molecule has 3 rings (SSSR count). The lowest BCUT2D eigenvalue weighted by atomic mass is 10.1. The lowest BCUT2D eigenvalue weighted by Crippen LogP contribution is -2.38. The number of piperidine rings is 1. The number of nitrogens with one attached hydrogen (secondary N) is 1. The second kappa shape index (κ2) is 7.41. The molecule has 0 atom stereocenters. The number of hydrogen-bond donors (Lipinski definition) is 2. The highest BCUT2D eigenvalue weighted by Crippen LogP contribution is 2.30. The van der Waals surface area contributed by atoms with E-state index in [1.165, 1.54) is 17.6 Å². The highest BCUT2D eigenvalue weighted by molar-refractivity contribution is 9.10. The minimum Gasteiger partial charge on any atom is -0.489 e. The molecule has 2 aromatic rings. The number of rotatable bonds is 4. The van der Waals surface area contributed by atoms with E-state index >= 15 is 0 Å². The first-order valence-electron chi connectivity index (χ1n) is 7.21. The van der Waals surface area contributed by atoms with Crippen LogP contribution in [0, 0.1) is 5.82 Å². The molecule has 2 N–H and O–H groups in total. The van der Waals surface area contributed by atoms with Crippen LogP contribution in [-0.2, 0) is 0 Å². The smallest absolute Gasteiger partial charge is 0.305 e. The number of hydrogen-bond acceptors (Lipinski definition) is 7. The van der Waals surface area contributed by atoms with Crippen molar-refractivity contribution in [1.82, 2.24) is 15.7 Å². The topological polar surface area (TPSA) is 87.6 Å². The lowest BCUT2D eigenvalue weighted by molar-refractivity contribution is 0.0705. The van der Waals surface area contributed by atoms with E-state index in [9.17, 15) is 9.18 Å². The average molecular weight is 417 g/mol. The van der Waals surface area contributed by atoms with Crippen molar-refractivity contribution in [2.75, 3.05) is 18.0 Å². The minimum absolute atomic E-state index is 0.0208. The summed E-state index contributed by atoms with van der Waals surface area (Å²) in [5, 5.41) is 17.0. The molecule has 1 aromatic carbocycles. The Morgan fingerprint density at radius 2 is 2.17 bits per heavy atom. The fourth-order valence-corrected chi connectivity index (χ4v) is 3.52. The second-order valence-corrected chi connectivity index (χ2v) is 7.02. The predicted octanol–water partition coefficient (Wildman–Crippen LogP) is 2.61. The summed E-state index contributed by atoms with van der Waals surface area (Å²) in [6.07, 6.45) is 1.46. The molecule has 1 aliphatic rings. The van der Waals surface area contributed by atoms with Gasteiger partial charge in [0.1, 0.15) is 17.7 Å². The van der Waals surface area contributed by atoms with Gasteiger partial charge in [-0.1, -0.05) is 11.3 Å². The molecular formula is C14H14BrFN4O3S. The number of hydroxylamine groups is 1. The van der Waals surface area contributed by atoms with Gasteiger partial charge in [0.2, 0.25) is 10.1 Å². The number of aromatic nitrogens is 2. The second-order valence-electron chi connectivity index (χ2n) is 5.21. The highest BCUT2D eigenvalue weighted by atomic mass is 79.9. The van der Waals surface area contributed by atoms with Gasteiger partial charge in [0, 0.05) is 32.0 Å². The maximum absolute atomic E-state index is 13.3. The summed E-state index contributed by atoms with van der Waals surface area (Å²) in [5.74, 6) is -0.520. The van der Waals surface area contributed by atoms with Crippen LogP contribution < -0.4 is 15.1 Å². The zero-order chi connectivity index (χ0) is 17.1. The molecule has 0 bridgehead atoms. The number of benzene rings is 1. The Kier molecular flexibility index (Phi) is 5.27. The highest BCUT2D eigenvalue weighted by Gasteiger charge is 2.24. The molecular weight excluding hydrogens is 403 g/mol. The largest absolute Gasteiger partial charge is 0.489 e. The summed E-state index contributed by atoms with van der Waals surface area (Å²) < 4.78 is 19.9. The van der Waals surface area contributed by atoms with Crippen LogP contribution in [0.5, 0.6) is 5.75 Å². The molecule has 1 fully saturated rings. The molecule has 24 heavy (non-hydrogen) atoms. The summed E-state index contributed by atoms with van der Waals surface area (Å²) in [5.41, 5.74) is 1.54. The van der Waals surface area contributed by atoms with Crippen LogP contribution in [0.2, 0.25) is 0 Å². The summed E-state index contributed by atoms with van der Waals surface area (Å²) >= 11 is 4.47. The number of nitrogens with zero attached hydrogens (tertiary/aromatic N) is 3. The third-order valence-corrected chi connectivity index (χ3v) is 5.25. The zero-order valence-corrected chi connectivity index (χ0v) is 14.8. The van der Waals surface area contributed by atoms with Crippen LogP contribution in [0.3, 0.4) is 0 Å². The van der Waals surface area contributed by atoms with Gasteiger partial charge in [0.25, 0.3) is 0 Å². The predicted molar refractivity (Wildman–Crippen MR) is 89.1 cm³/mol. The molecule has 2 heterocycles. The minimum atomic E-state index is -0.673. The van der Waals surface area contributed by atoms with E-state index in [1.54, 1.807) is 6.07 Å². The van der Waals surface area contributed by atoms with E-state index < -0.39 is 5.91 Å². The van der Waals surface area contributed by atoms with Crippen LogP contribution in [0.15, 0.2) is 22.7 Å². The van der Waals surface area contributed by atoms with E-state index in [0.717, 1.165) is 28.7 Å². The summed E-state index contributed by atoms with van der Waals surface area (Å²) in [6.45, 7) is 1.37. The van der Waals surface area contributed by atoms with Crippen molar-refractivity contribution in [3.63, 3.8) is 0 Å². The van der Waals surface area contributed by atoms with E-state index in [0.29, 0.717) is 24.0 Å². The number of ether oxygens (including phenoxy) is 1. The van der Waals surface area contributed by atoms with Crippen molar-refractivity contribution in [1.29, 1.82) is 0 Å². The number of carbonyl (C=O) groups is 1. The summed E-state index contributed by atoms with van der Waals surface area (Å²) in [4.78, 5) is 13.3. The lowest BCUT2D eigenvalue weighted by Gasteiger charge is -2.31. The van der Waals surface area contributed by atoms with E-state index in [1.807, 2.05) is 4.90 Å². The Hall–Kier alpha value is -1.78. The molecule has 10 heteroatoms. The van der Waals surface area contributed by atoms with Gasteiger partial charge in [0.15, 0.2) is 0 Å². The van der Waals surface area contributed by atoms with Gasteiger partial charge >= 0.3 is 5.91 Å². The van der Waals surface area contributed by atoms with Crippen molar-refractivity contribution in [2.45, 2.75) is 18.9 Å². The Bertz CT molecular complexity index is 737. The van der Waals surface area contributed by atoms with Crippen LogP contribution in [0.4, 0.5) is 9.52 Å². The van der Waals surface area contributed by atoms with Gasteiger partial charge in [-0.3, -0.25) is 10.0 Å². The molecule has 1 aliphatic heterocycles. The third-order valence-electron chi connectivity index (χ3n) is 3.61. The van der Waals surface area contributed by atoms with Crippen LogP contribution >= 0.6 is 27.3 Å². The zero-order valence-electron chi connectivity index (χ0n) is 12.4. The van der Waals surface area contributed by atoms with Gasteiger partial charge < -0.3 is 9.64 Å². The molecule has 128 valence electrons. The first-order valence-corrected chi connectivity index (χ1v) is 8.82. The fraction of sp³-hybridized carbons (Fsp3) is 0.357. The molecule has 1 amide bonds. The quantitative estimate of drug-likeness (QED) is 0.588. The van der Waals surface area contributed by atoms with Crippen LogP contribution in [-0.4, -0.2) is 40.5 Å². The Morgan fingerprint density at radius 1 is 1.42 bits per heavy atom. The van der Waals surface area contributed by atoms with Gasteiger partial charge in [0.05, 0.1) is 4.47 Å². The van der Waals surface area contributed by atoms with E-state index in [4.69, 9.17) is 9.94 Å². The maximum atomic E-state index is 13.3. The Morgan fingerprint density at radius 3 is 2.88 bits per heavy atom. The molecule has 0 saturated carbocycles. The summed E-state index contributed by atoms with van der Waals surface area (Å²) in [6, 6.07) is 4.35. The van der Waals surface area contributed by atoms with Crippen molar-refractivity contribution >= 4 is 38.3 Å². The first kappa shape index (κ1) is 17.1. The standard InChI is InChI=1S/C14H14BrFN4O3S/c15-10-2-1-8(16)7-11(10)23-9-3-5-20(6-4-9)14-18-17-13(24-14)12(21)19-22/h1-2,7,9,22H,3-6H2,(H,19,21). The molecule has 0 unspecified atom stereocenters. The first-order chi connectivity index (χ1) is 11.6. The van der Waals surface area contributed by atoms with E-state index in [2.05, 4.69) is 26.1 Å². The van der Waals surface area contributed by atoms with Crippen molar-refractivity contribution in [3.8, 4) is 5.75 Å². The number of carbonyl (C=O) groups excluding carboxylic acids is 1. The van der Waals surface area contributed by atoms with Gasteiger partial charge in [-0.25, -0.2) is 9.87 Å². The monoisotopic (exact) mass is 416 g/mol. The van der Waals surface area contributed by atoms with Crippen molar-refractivity contribution in [3.05, 3.63) is 33.5 Å². The van der Waals surface area contributed by atoms with Crippen molar-refractivity contribution < 1.29 is 19.1 Å². The fourth-order valence-electron chi connectivity index (χ4n) is 2.39. The van der Waals surface area contributed by atoms with Crippen LogP contribution in [0.25, 0.3) is 0 Å². The molecule has 0 spiro atoms. The van der Waals surface area contributed by atoms with Gasteiger partial charge in [-0.05, 0) is 28.1 Å². The Labute approximate surface area is 149 Å². The van der Waals surface area contributed by atoms with Crippen LogP contribution in [0.1, 0.15) is 22.6 Å². The number of anilines is 1. The number of amides is 1. The Balaban J connectivity index is 1.58.